The van der Waals surface area contributed by atoms with Crippen molar-refractivity contribution in [2.45, 2.75) is 32.7 Å². The van der Waals surface area contributed by atoms with Crippen LogP contribution in [0.4, 0.5) is 0 Å². The Hall–Kier alpha value is -1.71. The molecule has 2 aromatic rings. The van der Waals surface area contributed by atoms with E-state index < -0.39 is 8.32 Å². The van der Waals surface area contributed by atoms with Crippen molar-refractivity contribution >= 4 is 25.0 Å². The lowest BCUT2D eigenvalue weighted by molar-refractivity contribution is -0.111. The Morgan fingerprint density at radius 2 is 1.39 bits per heavy atom. The van der Waals surface area contributed by atoms with Crippen molar-refractivity contribution in [2.24, 2.45) is 5.92 Å². The highest BCUT2D eigenvalue weighted by atomic mass is 28.4. The lowest BCUT2D eigenvalue weighted by Gasteiger charge is -2.43. The largest absolute Gasteiger partial charge is 0.407 e. The lowest BCUT2D eigenvalue weighted by Crippen LogP contribution is -2.66. The van der Waals surface area contributed by atoms with Gasteiger partial charge in [-0.3, -0.25) is 0 Å². The summed E-state index contributed by atoms with van der Waals surface area (Å²) < 4.78 is 6.63. The van der Waals surface area contributed by atoms with Crippen molar-refractivity contribution in [1.82, 2.24) is 0 Å². The van der Waals surface area contributed by atoms with Gasteiger partial charge in [0.05, 0.1) is 0 Å². The summed E-state index contributed by atoms with van der Waals surface area (Å²) in [5, 5.41) is 2.45. The van der Waals surface area contributed by atoms with Crippen molar-refractivity contribution in [2.75, 3.05) is 6.61 Å². The average molecular weight is 327 g/mol. The second-order valence-electron chi connectivity index (χ2n) is 7.09. The van der Waals surface area contributed by atoms with E-state index in [-0.39, 0.29) is 11.0 Å². The number of hydrogen-bond donors (Lipinski definition) is 0. The second-order valence-corrected chi connectivity index (χ2v) is 11.4. The molecule has 2 rings (SSSR count). The van der Waals surface area contributed by atoms with Gasteiger partial charge in [0.2, 0.25) is 0 Å². The molecule has 1 unspecified atom stereocenters. The van der Waals surface area contributed by atoms with E-state index in [1.165, 1.54) is 10.4 Å². The van der Waals surface area contributed by atoms with Crippen molar-refractivity contribution < 1.29 is 9.22 Å². The summed E-state index contributed by atoms with van der Waals surface area (Å²) in [7, 11) is -2.49. The summed E-state index contributed by atoms with van der Waals surface area (Å²) in [4.78, 5) is 11.1. The zero-order valence-electron chi connectivity index (χ0n) is 14.5. The molecule has 0 fully saturated rings. The SMILES string of the molecule is CC(C=O)CO[Si](c1ccccc1)(c1ccccc1)C(C)(C)C. The van der Waals surface area contributed by atoms with Crippen molar-refractivity contribution in [3.63, 3.8) is 0 Å². The Morgan fingerprint density at radius 3 is 1.74 bits per heavy atom. The molecule has 23 heavy (non-hydrogen) atoms. The maximum atomic E-state index is 11.1. The molecule has 0 saturated heterocycles. The highest BCUT2D eigenvalue weighted by Crippen LogP contribution is 2.36. The zero-order chi connectivity index (χ0) is 16.9. The van der Waals surface area contributed by atoms with Gasteiger partial charge in [0.1, 0.15) is 6.29 Å². The van der Waals surface area contributed by atoms with Gasteiger partial charge in [-0.05, 0) is 15.4 Å². The van der Waals surface area contributed by atoms with Gasteiger partial charge in [-0.1, -0.05) is 88.4 Å². The van der Waals surface area contributed by atoms with E-state index in [4.69, 9.17) is 4.43 Å². The first-order valence-corrected chi connectivity index (χ1v) is 10.0. The summed E-state index contributed by atoms with van der Waals surface area (Å²) >= 11 is 0. The minimum Gasteiger partial charge on any atom is -0.407 e. The molecule has 0 aliphatic rings. The van der Waals surface area contributed by atoms with E-state index in [9.17, 15) is 4.79 Å². The number of rotatable bonds is 6. The predicted molar refractivity (Wildman–Crippen MR) is 98.8 cm³/mol. The summed E-state index contributed by atoms with van der Waals surface area (Å²) in [5.41, 5.74) is 0. The fraction of sp³-hybridized carbons (Fsp3) is 0.350. The number of aldehydes is 1. The zero-order valence-corrected chi connectivity index (χ0v) is 15.5. The first-order chi connectivity index (χ1) is 10.9. The van der Waals surface area contributed by atoms with Gasteiger partial charge in [-0.15, -0.1) is 0 Å². The van der Waals surface area contributed by atoms with E-state index in [1.54, 1.807) is 0 Å². The van der Waals surface area contributed by atoms with Crippen LogP contribution in [0.3, 0.4) is 0 Å². The summed E-state index contributed by atoms with van der Waals surface area (Å²) in [6.07, 6.45) is 0.970. The normalized spacial score (nSPS) is 13.6. The van der Waals surface area contributed by atoms with Crippen molar-refractivity contribution in [1.29, 1.82) is 0 Å². The Balaban J connectivity index is 2.62. The van der Waals surface area contributed by atoms with E-state index in [2.05, 4.69) is 69.3 Å². The molecule has 0 aliphatic heterocycles. The third-order valence-corrected chi connectivity index (χ3v) is 9.22. The molecule has 0 bridgehead atoms. The molecular weight excluding hydrogens is 300 g/mol. The van der Waals surface area contributed by atoms with Crippen LogP contribution >= 0.6 is 0 Å². The smallest absolute Gasteiger partial charge is 0.261 e. The van der Waals surface area contributed by atoms with E-state index >= 15 is 0 Å². The third kappa shape index (κ3) is 3.62. The first-order valence-electron chi connectivity index (χ1n) is 8.12. The monoisotopic (exact) mass is 326 g/mol. The molecule has 2 nitrogen and oxygen atoms in total. The van der Waals surface area contributed by atoms with Gasteiger partial charge >= 0.3 is 0 Å². The predicted octanol–water partition coefficient (Wildman–Crippen LogP) is 3.40. The molecule has 0 spiro atoms. The van der Waals surface area contributed by atoms with Gasteiger partial charge in [-0.25, -0.2) is 0 Å². The standard InChI is InChI=1S/C20H26O2Si/c1-17(15-21)16-22-23(20(2,3)4,18-11-7-5-8-12-18)19-13-9-6-10-14-19/h5-15,17H,16H2,1-4H3. The van der Waals surface area contributed by atoms with E-state index in [0.717, 1.165) is 6.29 Å². The van der Waals surface area contributed by atoms with Gasteiger partial charge < -0.3 is 9.22 Å². The number of benzene rings is 2. The fourth-order valence-corrected chi connectivity index (χ4v) is 7.73. The third-order valence-electron chi connectivity index (χ3n) is 4.21. The summed E-state index contributed by atoms with van der Waals surface area (Å²) in [6.45, 7) is 9.09. The molecule has 0 saturated carbocycles. The Bertz CT molecular complexity index is 578. The number of carbonyl (C=O) groups is 1. The highest BCUT2D eigenvalue weighted by molar-refractivity contribution is 6.99. The van der Waals surface area contributed by atoms with Gasteiger partial charge in [-0.2, -0.15) is 0 Å². The minimum atomic E-state index is -2.49. The van der Waals surface area contributed by atoms with Crippen LogP contribution in [0.15, 0.2) is 60.7 Å². The molecule has 3 heteroatoms. The maximum Gasteiger partial charge on any atom is 0.261 e. The molecule has 0 aliphatic carbocycles. The average Bonchev–Trinajstić information content (AvgIpc) is 2.56. The second kappa shape index (κ2) is 7.24. The maximum absolute atomic E-state index is 11.1. The number of hydrogen-bond acceptors (Lipinski definition) is 2. The van der Waals surface area contributed by atoms with Crippen molar-refractivity contribution in [3.05, 3.63) is 60.7 Å². The van der Waals surface area contributed by atoms with Gasteiger partial charge in [0.25, 0.3) is 8.32 Å². The van der Waals surface area contributed by atoms with E-state index in [1.807, 2.05) is 19.1 Å². The van der Waals surface area contributed by atoms with Gasteiger partial charge in [0, 0.05) is 12.5 Å². The quantitative estimate of drug-likeness (QED) is 0.601. The first kappa shape index (κ1) is 17.6. The van der Waals surface area contributed by atoms with Crippen molar-refractivity contribution in [3.8, 4) is 0 Å². The van der Waals surface area contributed by atoms with Crippen LogP contribution < -0.4 is 10.4 Å². The summed E-state index contributed by atoms with van der Waals surface area (Å²) in [6, 6.07) is 21.0. The molecular formula is C20H26O2Si. The molecule has 0 N–H and O–H groups in total. The lowest BCUT2D eigenvalue weighted by atomic mass is 10.2. The molecule has 0 heterocycles. The topological polar surface area (TPSA) is 26.3 Å². The van der Waals surface area contributed by atoms with Crippen LogP contribution in [0.25, 0.3) is 0 Å². The molecule has 2 aromatic carbocycles. The molecule has 122 valence electrons. The Morgan fingerprint density at radius 1 is 0.957 bits per heavy atom. The van der Waals surface area contributed by atoms with Crippen LogP contribution in [0.1, 0.15) is 27.7 Å². The Kier molecular flexibility index (Phi) is 5.55. The fourth-order valence-electron chi connectivity index (χ4n) is 3.06. The van der Waals surface area contributed by atoms with Crippen LogP contribution in [0, 0.1) is 5.92 Å². The molecule has 0 amide bonds. The van der Waals surface area contributed by atoms with Crippen LogP contribution in [0.2, 0.25) is 5.04 Å². The molecule has 1 atom stereocenters. The summed E-state index contributed by atoms with van der Waals surface area (Å²) in [5.74, 6) is -0.100. The van der Waals surface area contributed by atoms with E-state index in [0.29, 0.717) is 6.61 Å². The highest BCUT2D eigenvalue weighted by Gasteiger charge is 2.50. The number of carbonyl (C=O) groups excluding carboxylic acids is 1. The van der Waals surface area contributed by atoms with Crippen LogP contribution in [-0.2, 0) is 9.22 Å². The van der Waals surface area contributed by atoms with Gasteiger partial charge in [0.15, 0.2) is 0 Å². The molecule has 0 aromatic heterocycles. The van der Waals surface area contributed by atoms with Crippen LogP contribution in [-0.4, -0.2) is 21.2 Å². The Labute approximate surface area is 140 Å². The van der Waals surface area contributed by atoms with Crippen LogP contribution in [0.5, 0.6) is 0 Å². The molecule has 0 radical (unpaired) electrons. The minimum absolute atomic E-state index is 0.0433.